The Labute approximate surface area is 172 Å². The molecule has 12 heteroatoms. The van der Waals surface area contributed by atoms with Crippen LogP contribution in [0.3, 0.4) is 0 Å². The summed E-state index contributed by atoms with van der Waals surface area (Å²) in [5.74, 6) is -2.33. The van der Waals surface area contributed by atoms with Crippen LogP contribution in [0.5, 0.6) is 5.88 Å². The summed E-state index contributed by atoms with van der Waals surface area (Å²) in [6.07, 6.45) is 1.04. The van der Waals surface area contributed by atoms with Gasteiger partial charge in [-0.2, -0.15) is 0 Å². The van der Waals surface area contributed by atoms with Crippen LogP contribution in [0.4, 0.5) is 0 Å². The number of rotatable bonds is 10. The van der Waals surface area contributed by atoms with E-state index in [1.807, 2.05) is 0 Å². The second-order valence-corrected chi connectivity index (χ2v) is 6.17. The van der Waals surface area contributed by atoms with Gasteiger partial charge in [-0.15, -0.1) is 5.10 Å². The standard InChI is InChI=1S/C18H25N5O7/c1-6-27-15-12(13(30-22-15)14-19-10-23(5)21-14)9-18(20-11(4)24,16(25)28-7-2)17(26)29-8-3/h10H,6-9H2,1-5H3,(H,20,24). The highest BCUT2D eigenvalue weighted by Crippen LogP contribution is 2.33. The molecule has 0 aliphatic rings. The molecule has 0 atom stereocenters. The average molecular weight is 423 g/mol. The second kappa shape index (κ2) is 9.85. The van der Waals surface area contributed by atoms with Crippen LogP contribution in [0.2, 0.25) is 0 Å². The number of carbonyl (C=O) groups is 3. The summed E-state index contributed by atoms with van der Waals surface area (Å²) in [5, 5.41) is 10.4. The average Bonchev–Trinajstić information content (AvgIpc) is 3.27. The van der Waals surface area contributed by atoms with E-state index in [4.69, 9.17) is 18.7 Å². The van der Waals surface area contributed by atoms with E-state index in [-0.39, 0.29) is 42.8 Å². The smallest absolute Gasteiger partial charge is 0.344 e. The quantitative estimate of drug-likeness (QED) is 0.421. The number of aromatic nitrogens is 4. The monoisotopic (exact) mass is 423 g/mol. The summed E-state index contributed by atoms with van der Waals surface area (Å²) in [6.45, 7) is 6.26. The Hall–Kier alpha value is -3.44. The first-order chi connectivity index (χ1) is 14.3. The van der Waals surface area contributed by atoms with Gasteiger partial charge < -0.3 is 24.1 Å². The summed E-state index contributed by atoms with van der Waals surface area (Å²) in [7, 11) is 1.66. The minimum atomic E-state index is -2.18. The van der Waals surface area contributed by atoms with Gasteiger partial charge in [0.05, 0.1) is 25.4 Å². The molecule has 1 N–H and O–H groups in total. The van der Waals surface area contributed by atoms with Gasteiger partial charge in [-0.25, -0.2) is 14.6 Å². The van der Waals surface area contributed by atoms with Crippen molar-refractivity contribution in [1.82, 2.24) is 25.2 Å². The van der Waals surface area contributed by atoms with Crippen LogP contribution in [-0.2, 0) is 37.3 Å². The lowest BCUT2D eigenvalue weighted by molar-refractivity contribution is -0.168. The summed E-state index contributed by atoms with van der Waals surface area (Å²) in [4.78, 5) is 41.9. The van der Waals surface area contributed by atoms with E-state index >= 15 is 0 Å². The van der Waals surface area contributed by atoms with Crippen molar-refractivity contribution in [2.75, 3.05) is 19.8 Å². The summed E-state index contributed by atoms with van der Waals surface area (Å²) >= 11 is 0. The Morgan fingerprint density at radius 2 is 1.77 bits per heavy atom. The molecule has 0 aromatic carbocycles. The normalized spacial score (nSPS) is 11.1. The molecule has 2 rings (SSSR count). The molecular weight excluding hydrogens is 398 g/mol. The van der Waals surface area contributed by atoms with Crippen molar-refractivity contribution in [3.8, 4) is 17.5 Å². The summed E-state index contributed by atoms with van der Waals surface area (Å²) in [6, 6.07) is 0. The van der Waals surface area contributed by atoms with Gasteiger partial charge in [0.1, 0.15) is 6.33 Å². The first-order valence-corrected chi connectivity index (χ1v) is 9.39. The number of nitrogens with zero attached hydrogens (tertiary/aromatic N) is 4. The Morgan fingerprint density at radius 3 is 2.23 bits per heavy atom. The van der Waals surface area contributed by atoms with E-state index in [1.54, 1.807) is 27.8 Å². The largest absolute Gasteiger partial charge is 0.476 e. The van der Waals surface area contributed by atoms with Crippen molar-refractivity contribution >= 4 is 17.8 Å². The number of hydrogen-bond donors (Lipinski definition) is 1. The van der Waals surface area contributed by atoms with Crippen molar-refractivity contribution in [2.45, 2.75) is 39.7 Å². The number of esters is 2. The molecular formula is C18H25N5O7. The summed E-state index contributed by atoms with van der Waals surface area (Å²) in [5.41, 5.74) is -1.98. The third-order valence-corrected chi connectivity index (χ3v) is 3.91. The van der Waals surface area contributed by atoms with Crippen LogP contribution in [0.1, 0.15) is 33.3 Å². The van der Waals surface area contributed by atoms with Crippen molar-refractivity contribution in [3.05, 3.63) is 11.9 Å². The van der Waals surface area contributed by atoms with Crippen LogP contribution in [0.15, 0.2) is 10.9 Å². The van der Waals surface area contributed by atoms with Crippen molar-refractivity contribution in [2.24, 2.45) is 7.05 Å². The maximum absolute atomic E-state index is 12.9. The molecule has 0 aliphatic carbocycles. The van der Waals surface area contributed by atoms with Gasteiger partial charge in [-0.05, 0) is 25.9 Å². The van der Waals surface area contributed by atoms with Gasteiger partial charge in [-0.1, -0.05) is 0 Å². The molecule has 2 aromatic rings. The zero-order valence-electron chi connectivity index (χ0n) is 17.6. The van der Waals surface area contributed by atoms with Crippen LogP contribution in [0, 0.1) is 0 Å². The predicted octanol–water partition coefficient (Wildman–Crippen LogP) is 0.412. The van der Waals surface area contributed by atoms with E-state index in [0.29, 0.717) is 0 Å². The molecule has 2 aromatic heterocycles. The first kappa shape index (κ1) is 22.8. The van der Waals surface area contributed by atoms with Gasteiger partial charge >= 0.3 is 11.9 Å². The maximum atomic E-state index is 12.9. The van der Waals surface area contributed by atoms with Gasteiger partial charge in [-0.3, -0.25) is 9.48 Å². The fourth-order valence-corrected chi connectivity index (χ4v) is 2.77. The molecule has 0 bridgehead atoms. The fraction of sp³-hybridized carbons (Fsp3) is 0.556. The second-order valence-electron chi connectivity index (χ2n) is 6.17. The molecule has 0 unspecified atom stereocenters. The van der Waals surface area contributed by atoms with Gasteiger partial charge in [0.25, 0.3) is 5.88 Å². The molecule has 0 fully saturated rings. The van der Waals surface area contributed by atoms with Crippen molar-refractivity contribution in [3.63, 3.8) is 0 Å². The number of ether oxygens (including phenoxy) is 3. The van der Waals surface area contributed by atoms with Gasteiger partial charge in [0, 0.05) is 20.4 Å². The molecule has 1 amide bonds. The number of aryl methyl sites for hydroxylation is 1. The Bertz CT molecular complexity index is 887. The number of hydrogen-bond acceptors (Lipinski definition) is 10. The number of nitrogens with one attached hydrogen (secondary N) is 1. The minimum absolute atomic E-state index is 0.0177. The highest BCUT2D eigenvalue weighted by molar-refractivity contribution is 6.08. The van der Waals surface area contributed by atoms with E-state index < -0.39 is 29.8 Å². The predicted molar refractivity (Wildman–Crippen MR) is 101 cm³/mol. The zero-order valence-corrected chi connectivity index (χ0v) is 17.6. The Morgan fingerprint density at radius 1 is 1.13 bits per heavy atom. The Balaban J connectivity index is 2.65. The third-order valence-electron chi connectivity index (χ3n) is 3.91. The number of amides is 1. The van der Waals surface area contributed by atoms with Crippen molar-refractivity contribution in [1.29, 1.82) is 0 Å². The number of carbonyl (C=O) groups excluding carboxylic acids is 3. The van der Waals surface area contributed by atoms with Crippen LogP contribution < -0.4 is 10.1 Å². The Kier molecular flexibility index (Phi) is 7.50. The highest BCUT2D eigenvalue weighted by Gasteiger charge is 2.52. The third kappa shape index (κ3) is 4.75. The molecule has 164 valence electrons. The van der Waals surface area contributed by atoms with E-state index in [0.717, 1.165) is 0 Å². The molecule has 0 saturated heterocycles. The van der Waals surface area contributed by atoms with E-state index in [1.165, 1.54) is 17.9 Å². The maximum Gasteiger partial charge on any atom is 0.344 e. The lowest BCUT2D eigenvalue weighted by atomic mass is 9.90. The van der Waals surface area contributed by atoms with E-state index in [2.05, 4.69) is 20.6 Å². The summed E-state index contributed by atoms with van der Waals surface area (Å²) < 4.78 is 22.5. The first-order valence-electron chi connectivity index (χ1n) is 9.39. The minimum Gasteiger partial charge on any atom is -0.476 e. The fourth-order valence-electron chi connectivity index (χ4n) is 2.77. The molecule has 0 aliphatic heterocycles. The molecule has 12 nitrogen and oxygen atoms in total. The van der Waals surface area contributed by atoms with Crippen LogP contribution >= 0.6 is 0 Å². The molecule has 30 heavy (non-hydrogen) atoms. The molecule has 2 heterocycles. The molecule has 0 spiro atoms. The molecule has 0 saturated carbocycles. The van der Waals surface area contributed by atoms with Gasteiger partial charge in [0.15, 0.2) is 0 Å². The lowest BCUT2D eigenvalue weighted by Gasteiger charge is -2.29. The highest BCUT2D eigenvalue weighted by atomic mass is 16.6. The van der Waals surface area contributed by atoms with Crippen LogP contribution in [0.25, 0.3) is 11.6 Å². The topological polar surface area (TPSA) is 148 Å². The van der Waals surface area contributed by atoms with Crippen molar-refractivity contribution < 1.29 is 33.1 Å². The van der Waals surface area contributed by atoms with Crippen LogP contribution in [-0.4, -0.2) is 63.1 Å². The zero-order chi connectivity index (χ0) is 22.3. The molecule has 0 radical (unpaired) electrons. The lowest BCUT2D eigenvalue weighted by Crippen LogP contribution is -2.62. The van der Waals surface area contributed by atoms with E-state index in [9.17, 15) is 14.4 Å². The van der Waals surface area contributed by atoms with Gasteiger partial charge in [0.2, 0.25) is 23.0 Å². The SMILES string of the molecule is CCOC(=O)C(Cc1c(OCC)noc1-c1ncn(C)n1)(NC(C)=O)C(=O)OCC.